The zero-order valence-electron chi connectivity index (χ0n) is 9.80. The van der Waals surface area contributed by atoms with Gasteiger partial charge in [-0.1, -0.05) is 32.4 Å². The topological polar surface area (TPSA) is 29.1 Å². The Morgan fingerprint density at radius 2 is 2.06 bits per heavy atom. The standard InChI is InChI=1S/C13H16ClNO/c1-13(2,3)7-10-9-6-8(14)4-5-11(9)15-12(10)16/h4-6,10H,7H2,1-3H3,(H,15,16). The maximum atomic E-state index is 11.9. The van der Waals surface area contributed by atoms with Gasteiger partial charge < -0.3 is 5.32 Å². The highest BCUT2D eigenvalue weighted by molar-refractivity contribution is 6.31. The van der Waals surface area contributed by atoms with Crippen LogP contribution in [0.3, 0.4) is 0 Å². The monoisotopic (exact) mass is 237 g/mol. The molecule has 0 saturated carbocycles. The highest BCUT2D eigenvalue weighted by Gasteiger charge is 2.33. The molecule has 86 valence electrons. The van der Waals surface area contributed by atoms with E-state index in [0.29, 0.717) is 5.02 Å². The fraction of sp³-hybridized carbons (Fsp3) is 0.462. The SMILES string of the molecule is CC(C)(C)CC1C(=O)Nc2ccc(Cl)cc21. The summed E-state index contributed by atoms with van der Waals surface area (Å²) in [6.45, 7) is 6.43. The number of halogens is 1. The minimum absolute atomic E-state index is 0.0614. The van der Waals surface area contributed by atoms with Crippen molar-refractivity contribution in [3.63, 3.8) is 0 Å². The summed E-state index contributed by atoms with van der Waals surface area (Å²) in [6.07, 6.45) is 0.839. The highest BCUT2D eigenvalue weighted by Crippen LogP contribution is 2.40. The summed E-state index contributed by atoms with van der Waals surface area (Å²) < 4.78 is 0. The quantitative estimate of drug-likeness (QED) is 0.791. The Morgan fingerprint density at radius 3 is 2.69 bits per heavy atom. The maximum absolute atomic E-state index is 11.9. The summed E-state index contributed by atoms with van der Waals surface area (Å²) in [6, 6.07) is 5.57. The molecule has 0 spiro atoms. The molecule has 1 atom stereocenters. The zero-order chi connectivity index (χ0) is 11.9. The molecule has 0 bridgehead atoms. The normalized spacial score (nSPS) is 19.5. The molecule has 0 aromatic heterocycles. The van der Waals surface area contributed by atoms with E-state index >= 15 is 0 Å². The van der Waals surface area contributed by atoms with Gasteiger partial charge in [-0.3, -0.25) is 4.79 Å². The second-order valence-corrected chi connectivity index (χ2v) is 5.97. The molecule has 2 rings (SSSR count). The van der Waals surface area contributed by atoms with Gasteiger partial charge in [-0.15, -0.1) is 0 Å². The van der Waals surface area contributed by atoms with Crippen molar-refractivity contribution in [2.45, 2.75) is 33.1 Å². The van der Waals surface area contributed by atoms with Gasteiger partial charge in [0.05, 0.1) is 5.92 Å². The van der Waals surface area contributed by atoms with Gasteiger partial charge in [0.15, 0.2) is 0 Å². The van der Waals surface area contributed by atoms with E-state index in [9.17, 15) is 4.79 Å². The average Bonchev–Trinajstić information content (AvgIpc) is 2.42. The average molecular weight is 238 g/mol. The number of hydrogen-bond donors (Lipinski definition) is 1. The van der Waals surface area contributed by atoms with Crippen LogP contribution in [0.2, 0.25) is 5.02 Å². The molecular weight excluding hydrogens is 222 g/mol. The Bertz CT molecular complexity index is 434. The number of nitrogens with one attached hydrogen (secondary N) is 1. The molecule has 0 radical (unpaired) electrons. The van der Waals surface area contributed by atoms with Crippen LogP contribution in [-0.4, -0.2) is 5.91 Å². The van der Waals surface area contributed by atoms with Gasteiger partial charge in [-0.25, -0.2) is 0 Å². The van der Waals surface area contributed by atoms with E-state index in [1.54, 1.807) is 6.07 Å². The number of anilines is 1. The first-order chi connectivity index (χ1) is 7.37. The molecule has 0 fully saturated rings. The van der Waals surface area contributed by atoms with Gasteiger partial charge in [-0.2, -0.15) is 0 Å². The van der Waals surface area contributed by atoms with Gasteiger partial charge in [0.1, 0.15) is 0 Å². The Balaban J connectivity index is 2.35. The van der Waals surface area contributed by atoms with E-state index < -0.39 is 0 Å². The molecule has 1 aliphatic heterocycles. The van der Waals surface area contributed by atoms with Crippen molar-refractivity contribution < 1.29 is 4.79 Å². The van der Waals surface area contributed by atoms with Gasteiger partial charge in [0, 0.05) is 10.7 Å². The van der Waals surface area contributed by atoms with E-state index in [2.05, 4.69) is 26.1 Å². The van der Waals surface area contributed by atoms with Crippen LogP contribution in [0.1, 0.15) is 38.7 Å². The van der Waals surface area contributed by atoms with Crippen LogP contribution in [-0.2, 0) is 4.79 Å². The molecule has 0 aliphatic carbocycles. The van der Waals surface area contributed by atoms with Crippen LogP contribution in [0.15, 0.2) is 18.2 Å². The van der Waals surface area contributed by atoms with Crippen molar-refractivity contribution in [3.8, 4) is 0 Å². The third-order valence-corrected chi connectivity index (χ3v) is 3.01. The minimum Gasteiger partial charge on any atom is -0.325 e. The van der Waals surface area contributed by atoms with Crippen molar-refractivity contribution in [3.05, 3.63) is 28.8 Å². The third kappa shape index (κ3) is 2.22. The predicted molar refractivity (Wildman–Crippen MR) is 66.9 cm³/mol. The van der Waals surface area contributed by atoms with E-state index in [0.717, 1.165) is 17.7 Å². The fourth-order valence-electron chi connectivity index (χ4n) is 2.11. The molecule has 1 unspecified atom stereocenters. The lowest BCUT2D eigenvalue weighted by Crippen LogP contribution is -2.18. The van der Waals surface area contributed by atoms with Crippen LogP contribution < -0.4 is 5.32 Å². The lowest BCUT2D eigenvalue weighted by molar-refractivity contribution is -0.117. The molecule has 1 amide bonds. The van der Waals surface area contributed by atoms with Crippen molar-refractivity contribution in [2.24, 2.45) is 5.41 Å². The van der Waals surface area contributed by atoms with Gasteiger partial charge in [0.2, 0.25) is 5.91 Å². The summed E-state index contributed by atoms with van der Waals surface area (Å²) >= 11 is 5.97. The Labute approximate surface area is 101 Å². The highest BCUT2D eigenvalue weighted by atomic mass is 35.5. The van der Waals surface area contributed by atoms with E-state index in [4.69, 9.17) is 11.6 Å². The summed E-state index contributed by atoms with van der Waals surface area (Å²) in [5.74, 6) is 0.0286. The van der Waals surface area contributed by atoms with Crippen molar-refractivity contribution in [1.82, 2.24) is 0 Å². The summed E-state index contributed by atoms with van der Waals surface area (Å²) in [7, 11) is 0. The second kappa shape index (κ2) is 3.77. The molecule has 1 aromatic rings. The number of rotatable bonds is 1. The van der Waals surface area contributed by atoms with Crippen molar-refractivity contribution >= 4 is 23.2 Å². The number of fused-ring (bicyclic) bond motifs is 1. The number of carbonyl (C=O) groups excluding carboxylic acids is 1. The zero-order valence-corrected chi connectivity index (χ0v) is 10.6. The number of carbonyl (C=O) groups is 1. The lowest BCUT2D eigenvalue weighted by Gasteiger charge is -2.21. The molecule has 0 saturated heterocycles. The Kier molecular flexibility index (Phi) is 2.70. The first kappa shape index (κ1) is 11.5. The van der Waals surface area contributed by atoms with Crippen LogP contribution >= 0.6 is 11.6 Å². The number of hydrogen-bond acceptors (Lipinski definition) is 1. The molecule has 1 aliphatic rings. The smallest absolute Gasteiger partial charge is 0.232 e. The minimum atomic E-state index is -0.0614. The number of amides is 1. The molecular formula is C13H16ClNO. The molecule has 2 nitrogen and oxygen atoms in total. The Hall–Kier alpha value is -1.02. The largest absolute Gasteiger partial charge is 0.325 e. The van der Waals surface area contributed by atoms with Crippen LogP contribution in [0.5, 0.6) is 0 Å². The van der Waals surface area contributed by atoms with E-state index in [1.165, 1.54) is 0 Å². The fourth-order valence-corrected chi connectivity index (χ4v) is 2.29. The molecule has 3 heteroatoms. The van der Waals surface area contributed by atoms with Crippen molar-refractivity contribution in [1.29, 1.82) is 0 Å². The molecule has 1 heterocycles. The van der Waals surface area contributed by atoms with E-state index in [1.807, 2.05) is 12.1 Å². The van der Waals surface area contributed by atoms with Crippen molar-refractivity contribution in [2.75, 3.05) is 5.32 Å². The number of benzene rings is 1. The van der Waals surface area contributed by atoms with Gasteiger partial charge in [0.25, 0.3) is 0 Å². The summed E-state index contributed by atoms with van der Waals surface area (Å²) in [5, 5.41) is 3.59. The van der Waals surface area contributed by atoms with Crippen LogP contribution in [0.25, 0.3) is 0 Å². The molecule has 1 aromatic carbocycles. The predicted octanol–water partition coefficient (Wildman–Crippen LogP) is 3.81. The second-order valence-electron chi connectivity index (χ2n) is 5.54. The maximum Gasteiger partial charge on any atom is 0.232 e. The van der Waals surface area contributed by atoms with Gasteiger partial charge >= 0.3 is 0 Å². The molecule has 1 N–H and O–H groups in total. The summed E-state index contributed by atoms with van der Waals surface area (Å²) in [5.41, 5.74) is 2.07. The van der Waals surface area contributed by atoms with E-state index in [-0.39, 0.29) is 17.2 Å². The van der Waals surface area contributed by atoms with Gasteiger partial charge in [-0.05, 0) is 35.6 Å². The van der Waals surface area contributed by atoms with Crippen LogP contribution in [0, 0.1) is 5.41 Å². The first-order valence-electron chi connectivity index (χ1n) is 5.47. The lowest BCUT2D eigenvalue weighted by atomic mass is 9.82. The Morgan fingerprint density at radius 1 is 1.38 bits per heavy atom. The molecule has 16 heavy (non-hydrogen) atoms. The van der Waals surface area contributed by atoms with Crippen LogP contribution in [0.4, 0.5) is 5.69 Å². The third-order valence-electron chi connectivity index (χ3n) is 2.78. The first-order valence-corrected chi connectivity index (χ1v) is 5.85. The summed E-state index contributed by atoms with van der Waals surface area (Å²) in [4.78, 5) is 11.9.